The number of hydrogen-bond acceptors (Lipinski definition) is 2. The Kier molecular flexibility index (Phi) is 4.70. The van der Waals surface area contributed by atoms with Gasteiger partial charge in [-0.25, -0.2) is 4.98 Å². The first-order valence-corrected chi connectivity index (χ1v) is 8.53. The third-order valence-corrected chi connectivity index (χ3v) is 4.99. The van der Waals surface area contributed by atoms with E-state index in [1.54, 1.807) is 6.07 Å². The zero-order valence-electron chi connectivity index (χ0n) is 12.0. The molecule has 0 spiro atoms. The SMILES string of the molecule is O=C(c1cc(Cl)ncc1Cl)N(CC1CCCCC1)C1CC1. The molecule has 1 aromatic rings. The van der Waals surface area contributed by atoms with Crippen molar-refractivity contribution in [3.63, 3.8) is 0 Å². The summed E-state index contributed by atoms with van der Waals surface area (Å²) < 4.78 is 0. The number of halogens is 2. The molecule has 0 N–H and O–H groups in total. The third-order valence-electron chi connectivity index (χ3n) is 4.48. The summed E-state index contributed by atoms with van der Waals surface area (Å²) in [7, 11) is 0. The van der Waals surface area contributed by atoms with Crippen molar-refractivity contribution in [2.75, 3.05) is 6.54 Å². The quantitative estimate of drug-likeness (QED) is 0.759. The molecule has 0 radical (unpaired) electrons. The standard InChI is InChI=1S/C16H20Cl2N2O/c17-14-9-19-15(18)8-13(14)16(21)20(12-6-7-12)10-11-4-2-1-3-5-11/h8-9,11-12H,1-7,10H2. The maximum absolute atomic E-state index is 12.8. The van der Waals surface area contributed by atoms with Gasteiger partial charge in [-0.15, -0.1) is 0 Å². The van der Waals surface area contributed by atoms with Crippen LogP contribution in [0.5, 0.6) is 0 Å². The van der Waals surface area contributed by atoms with Crippen molar-refractivity contribution in [2.45, 2.75) is 51.0 Å². The van der Waals surface area contributed by atoms with Gasteiger partial charge in [-0.1, -0.05) is 42.5 Å². The molecule has 2 fully saturated rings. The first kappa shape index (κ1) is 15.1. The molecule has 0 aliphatic heterocycles. The van der Waals surface area contributed by atoms with Crippen LogP contribution in [-0.2, 0) is 0 Å². The number of nitrogens with zero attached hydrogens (tertiary/aromatic N) is 2. The molecule has 1 amide bonds. The van der Waals surface area contributed by atoms with Crippen LogP contribution in [0.25, 0.3) is 0 Å². The molecule has 114 valence electrons. The van der Waals surface area contributed by atoms with E-state index in [1.165, 1.54) is 38.3 Å². The van der Waals surface area contributed by atoms with Gasteiger partial charge < -0.3 is 4.90 Å². The van der Waals surface area contributed by atoms with E-state index in [0.717, 1.165) is 19.4 Å². The van der Waals surface area contributed by atoms with E-state index in [-0.39, 0.29) is 5.91 Å². The van der Waals surface area contributed by atoms with E-state index >= 15 is 0 Å². The zero-order valence-corrected chi connectivity index (χ0v) is 13.5. The van der Waals surface area contributed by atoms with E-state index in [4.69, 9.17) is 23.2 Å². The smallest absolute Gasteiger partial charge is 0.255 e. The van der Waals surface area contributed by atoms with E-state index in [2.05, 4.69) is 4.98 Å². The van der Waals surface area contributed by atoms with Crippen LogP contribution in [0.1, 0.15) is 55.3 Å². The van der Waals surface area contributed by atoms with Gasteiger partial charge in [-0.3, -0.25) is 4.79 Å². The Morgan fingerprint density at radius 2 is 1.90 bits per heavy atom. The highest BCUT2D eigenvalue weighted by atomic mass is 35.5. The lowest BCUT2D eigenvalue weighted by Gasteiger charge is -2.30. The molecular weight excluding hydrogens is 307 g/mol. The second kappa shape index (κ2) is 6.53. The predicted octanol–water partition coefficient (Wildman–Crippen LogP) is 4.57. The highest BCUT2D eigenvalue weighted by Crippen LogP contribution is 2.33. The first-order valence-electron chi connectivity index (χ1n) is 7.77. The fourth-order valence-electron chi connectivity index (χ4n) is 3.16. The molecular formula is C16H20Cl2N2O. The molecule has 2 aliphatic rings. The maximum atomic E-state index is 12.8. The largest absolute Gasteiger partial charge is 0.335 e. The number of rotatable bonds is 4. The molecule has 5 heteroatoms. The zero-order chi connectivity index (χ0) is 14.8. The molecule has 0 unspecified atom stereocenters. The summed E-state index contributed by atoms with van der Waals surface area (Å²) in [5.41, 5.74) is 0.486. The average molecular weight is 327 g/mol. The normalized spacial score (nSPS) is 19.5. The van der Waals surface area contributed by atoms with Crippen molar-refractivity contribution in [3.05, 3.63) is 28.0 Å². The van der Waals surface area contributed by atoms with E-state index in [9.17, 15) is 4.79 Å². The second-order valence-electron chi connectivity index (χ2n) is 6.18. The van der Waals surface area contributed by atoms with Crippen LogP contribution in [0.2, 0.25) is 10.2 Å². The van der Waals surface area contributed by atoms with Gasteiger partial charge in [0.1, 0.15) is 5.15 Å². The van der Waals surface area contributed by atoms with Crippen LogP contribution in [0, 0.1) is 5.92 Å². The number of carbonyl (C=O) groups excluding carboxylic acids is 1. The van der Waals surface area contributed by atoms with E-state index in [0.29, 0.717) is 27.7 Å². The molecule has 0 bridgehead atoms. The van der Waals surface area contributed by atoms with Gasteiger partial charge in [0.25, 0.3) is 5.91 Å². The van der Waals surface area contributed by atoms with Crippen LogP contribution in [0.4, 0.5) is 0 Å². The first-order chi connectivity index (χ1) is 10.1. The second-order valence-corrected chi connectivity index (χ2v) is 6.97. The minimum absolute atomic E-state index is 0.0115. The van der Waals surface area contributed by atoms with Gasteiger partial charge in [-0.2, -0.15) is 0 Å². The Morgan fingerprint density at radius 1 is 1.19 bits per heavy atom. The summed E-state index contributed by atoms with van der Waals surface area (Å²) in [4.78, 5) is 18.8. The Balaban J connectivity index is 1.76. The minimum atomic E-state index is 0.0115. The van der Waals surface area contributed by atoms with Crippen LogP contribution in [0.15, 0.2) is 12.3 Å². The highest BCUT2D eigenvalue weighted by molar-refractivity contribution is 6.35. The Bertz CT molecular complexity index is 525. The maximum Gasteiger partial charge on any atom is 0.255 e. The number of carbonyl (C=O) groups is 1. The monoisotopic (exact) mass is 326 g/mol. The summed E-state index contributed by atoms with van der Waals surface area (Å²) in [6.07, 6.45) is 10.1. The molecule has 21 heavy (non-hydrogen) atoms. The average Bonchev–Trinajstić information content (AvgIpc) is 3.32. The van der Waals surface area contributed by atoms with Crippen molar-refractivity contribution in [3.8, 4) is 0 Å². The Morgan fingerprint density at radius 3 is 2.57 bits per heavy atom. The lowest BCUT2D eigenvalue weighted by molar-refractivity contribution is 0.0699. The molecule has 3 nitrogen and oxygen atoms in total. The van der Waals surface area contributed by atoms with Crippen molar-refractivity contribution < 1.29 is 4.79 Å². The summed E-state index contributed by atoms with van der Waals surface area (Å²) in [6, 6.07) is 1.98. The summed E-state index contributed by atoms with van der Waals surface area (Å²) in [5, 5.41) is 0.704. The van der Waals surface area contributed by atoms with E-state index in [1.807, 2.05) is 4.90 Å². The number of pyridine rings is 1. The van der Waals surface area contributed by atoms with Crippen LogP contribution < -0.4 is 0 Å². The van der Waals surface area contributed by atoms with E-state index < -0.39 is 0 Å². The fraction of sp³-hybridized carbons (Fsp3) is 0.625. The third kappa shape index (κ3) is 3.70. The fourth-order valence-corrected chi connectivity index (χ4v) is 3.51. The van der Waals surface area contributed by atoms with Gasteiger partial charge in [-0.05, 0) is 37.7 Å². The number of amides is 1. The summed E-state index contributed by atoms with van der Waals surface area (Å²) in [6.45, 7) is 0.861. The van der Waals surface area contributed by atoms with Crippen LogP contribution in [0.3, 0.4) is 0 Å². The van der Waals surface area contributed by atoms with Gasteiger partial charge in [0.15, 0.2) is 0 Å². The topological polar surface area (TPSA) is 33.2 Å². The van der Waals surface area contributed by atoms with Gasteiger partial charge in [0.05, 0.1) is 10.6 Å². The van der Waals surface area contributed by atoms with Gasteiger partial charge >= 0.3 is 0 Å². The highest BCUT2D eigenvalue weighted by Gasteiger charge is 2.35. The molecule has 2 aliphatic carbocycles. The molecule has 1 aromatic heterocycles. The van der Waals surface area contributed by atoms with Crippen molar-refractivity contribution in [2.24, 2.45) is 5.92 Å². The lowest BCUT2D eigenvalue weighted by atomic mass is 9.89. The van der Waals surface area contributed by atoms with Gasteiger partial charge in [0, 0.05) is 18.8 Å². The molecule has 3 rings (SSSR count). The molecule has 0 saturated heterocycles. The van der Waals surface area contributed by atoms with Crippen molar-refractivity contribution in [1.82, 2.24) is 9.88 Å². The Hall–Kier alpha value is -0.800. The van der Waals surface area contributed by atoms with Crippen molar-refractivity contribution >= 4 is 29.1 Å². The lowest BCUT2D eigenvalue weighted by Crippen LogP contribution is -2.38. The molecule has 2 saturated carbocycles. The van der Waals surface area contributed by atoms with Crippen molar-refractivity contribution in [1.29, 1.82) is 0 Å². The number of aromatic nitrogens is 1. The summed E-state index contributed by atoms with van der Waals surface area (Å²) in [5.74, 6) is 0.650. The molecule has 0 atom stereocenters. The molecule has 0 aromatic carbocycles. The van der Waals surface area contributed by atoms with Crippen LogP contribution >= 0.6 is 23.2 Å². The number of hydrogen-bond donors (Lipinski definition) is 0. The van der Waals surface area contributed by atoms with Crippen LogP contribution in [-0.4, -0.2) is 28.4 Å². The summed E-state index contributed by atoms with van der Waals surface area (Å²) >= 11 is 12.0. The Labute approximate surface area is 135 Å². The predicted molar refractivity (Wildman–Crippen MR) is 84.9 cm³/mol. The van der Waals surface area contributed by atoms with Gasteiger partial charge in [0.2, 0.25) is 0 Å². The molecule has 1 heterocycles. The minimum Gasteiger partial charge on any atom is -0.335 e.